The highest BCUT2D eigenvalue weighted by Gasteiger charge is 2.33. The monoisotopic (exact) mass is 312 g/mol. The number of hydrogen-bond donors (Lipinski definition) is 1. The van der Waals surface area contributed by atoms with Crippen LogP contribution in [0, 0.1) is 11.7 Å². The van der Waals surface area contributed by atoms with Crippen molar-refractivity contribution in [2.75, 3.05) is 11.4 Å². The predicted octanol–water partition coefficient (Wildman–Crippen LogP) is 2.75. The molecule has 114 valence electrons. The van der Waals surface area contributed by atoms with Crippen molar-refractivity contribution in [1.82, 2.24) is 5.32 Å². The molecule has 6 heteroatoms. The first kappa shape index (κ1) is 15.8. The summed E-state index contributed by atoms with van der Waals surface area (Å²) in [6.45, 7) is 4.08. The first-order valence-electron chi connectivity index (χ1n) is 6.99. The minimum Gasteiger partial charge on any atom is -0.344 e. The van der Waals surface area contributed by atoms with E-state index in [2.05, 4.69) is 5.32 Å². The average Bonchev–Trinajstić information content (AvgIpc) is 2.56. The molecule has 4 nitrogen and oxygen atoms in total. The van der Waals surface area contributed by atoms with Crippen molar-refractivity contribution in [3.63, 3.8) is 0 Å². The summed E-state index contributed by atoms with van der Waals surface area (Å²) < 4.78 is 13.5. The minimum atomic E-state index is -0.591. The van der Waals surface area contributed by atoms with Crippen molar-refractivity contribution in [2.24, 2.45) is 5.92 Å². The molecule has 2 unspecified atom stereocenters. The van der Waals surface area contributed by atoms with Crippen LogP contribution in [0.4, 0.5) is 10.1 Å². The van der Waals surface area contributed by atoms with E-state index in [0.29, 0.717) is 5.69 Å². The highest BCUT2D eigenvalue weighted by molar-refractivity contribution is 6.31. The lowest BCUT2D eigenvalue weighted by Crippen LogP contribution is -2.48. The van der Waals surface area contributed by atoms with E-state index < -0.39 is 11.9 Å². The molecule has 1 aromatic rings. The summed E-state index contributed by atoms with van der Waals surface area (Å²) in [6, 6.07) is 3.38. The summed E-state index contributed by atoms with van der Waals surface area (Å²) in [6.07, 6.45) is 0.946. The van der Waals surface area contributed by atoms with Gasteiger partial charge in [0.2, 0.25) is 11.8 Å². The summed E-state index contributed by atoms with van der Waals surface area (Å²) in [4.78, 5) is 25.9. The first-order chi connectivity index (χ1) is 9.92. The van der Waals surface area contributed by atoms with Crippen molar-refractivity contribution in [2.45, 2.75) is 32.7 Å². The molecule has 1 N–H and O–H groups in total. The zero-order chi connectivity index (χ0) is 15.6. The molecule has 0 saturated carbocycles. The summed E-state index contributed by atoms with van der Waals surface area (Å²) in [5.41, 5.74) is 0.384. The Hall–Kier alpha value is -1.62. The molecule has 1 saturated heterocycles. The number of nitrogens with zero attached hydrogens (tertiary/aromatic N) is 1. The zero-order valence-electron chi connectivity index (χ0n) is 12.0. The van der Waals surface area contributed by atoms with Crippen LogP contribution in [0.3, 0.4) is 0 Å². The van der Waals surface area contributed by atoms with Crippen LogP contribution in [0.2, 0.25) is 5.02 Å². The number of hydrogen-bond acceptors (Lipinski definition) is 2. The summed E-state index contributed by atoms with van der Waals surface area (Å²) >= 11 is 5.85. The number of amides is 2. The topological polar surface area (TPSA) is 49.4 Å². The van der Waals surface area contributed by atoms with E-state index in [1.807, 2.05) is 13.8 Å². The van der Waals surface area contributed by atoms with Crippen LogP contribution >= 0.6 is 11.6 Å². The van der Waals surface area contributed by atoms with Gasteiger partial charge in [-0.3, -0.25) is 9.59 Å². The smallest absolute Gasteiger partial charge is 0.249 e. The number of anilines is 1. The SMILES string of the molecule is CCC(C)C1NC(=O)CCN(c2cc(F)cc(Cl)c2)C1=O. The molecule has 0 aliphatic carbocycles. The van der Waals surface area contributed by atoms with Crippen molar-refractivity contribution >= 4 is 29.1 Å². The molecule has 1 heterocycles. The van der Waals surface area contributed by atoms with Crippen LogP contribution in [0.1, 0.15) is 26.7 Å². The minimum absolute atomic E-state index is 0.00563. The Morgan fingerprint density at radius 1 is 1.43 bits per heavy atom. The van der Waals surface area contributed by atoms with E-state index >= 15 is 0 Å². The maximum absolute atomic E-state index is 13.5. The number of halogens is 2. The largest absolute Gasteiger partial charge is 0.344 e. The quantitative estimate of drug-likeness (QED) is 0.933. The van der Waals surface area contributed by atoms with Crippen molar-refractivity contribution < 1.29 is 14.0 Å². The van der Waals surface area contributed by atoms with Gasteiger partial charge in [-0.25, -0.2) is 4.39 Å². The number of benzene rings is 1. The summed E-state index contributed by atoms with van der Waals surface area (Å²) in [7, 11) is 0. The van der Waals surface area contributed by atoms with Gasteiger partial charge in [-0.1, -0.05) is 31.9 Å². The normalized spacial score (nSPS) is 21.0. The molecule has 1 aromatic carbocycles. The van der Waals surface area contributed by atoms with Gasteiger partial charge >= 0.3 is 0 Å². The van der Waals surface area contributed by atoms with Gasteiger partial charge in [0.25, 0.3) is 0 Å². The van der Waals surface area contributed by atoms with Gasteiger partial charge in [-0.05, 0) is 24.1 Å². The lowest BCUT2D eigenvalue weighted by Gasteiger charge is -2.27. The van der Waals surface area contributed by atoms with E-state index in [0.717, 1.165) is 6.42 Å². The van der Waals surface area contributed by atoms with Gasteiger partial charge in [0, 0.05) is 23.7 Å². The van der Waals surface area contributed by atoms with Gasteiger partial charge in [0.15, 0.2) is 0 Å². The van der Waals surface area contributed by atoms with Crippen molar-refractivity contribution in [3.05, 3.63) is 29.0 Å². The van der Waals surface area contributed by atoms with E-state index in [-0.39, 0.29) is 35.7 Å². The first-order valence-corrected chi connectivity index (χ1v) is 7.37. The Morgan fingerprint density at radius 2 is 2.14 bits per heavy atom. The van der Waals surface area contributed by atoms with E-state index in [1.54, 1.807) is 0 Å². The third kappa shape index (κ3) is 3.53. The maximum atomic E-state index is 13.5. The van der Waals surface area contributed by atoms with Crippen LogP contribution in [0.5, 0.6) is 0 Å². The van der Waals surface area contributed by atoms with Crippen LogP contribution in [0.15, 0.2) is 18.2 Å². The second-order valence-corrected chi connectivity index (χ2v) is 5.73. The van der Waals surface area contributed by atoms with E-state index in [9.17, 15) is 14.0 Å². The van der Waals surface area contributed by atoms with Crippen LogP contribution in [-0.2, 0) is 9.59 Å². The lowest BCUT2D eigenvalue weighted by molar-refractivity contribution is -0.126. The fourth-order valence-electron chi connectivity index (χ4n) is 2.37. The fourth-order valence-corrected chi connectivity index (χ4v) is 2.59. The summed E-state index contributed by atoms with van der Waals surface area (Å²) in [5.74, 6) is -0.893. The van der Waals surface area contributed by atoms with Gasteiger partial charge in [-0.15, -0.1) is 0 Å². The Balaban J connectivity index is 2.37. The third-order valence-corrected chi connectivity index (χ3v) is 4.00. The number of carbonyl (C=O) groups is 2. The number of nitrogens with one attached hydrogen (secondary N) is 1. The van der Waals surface area contributed by atoms with Crippen LogP contribution < -0.4 is 10.2 Å². The van der Waals surface area contributed by atoms with Crippen LogP contribution in [-0.4, -0.2) is 24.4 Å². The second-order valence-electron chi connectivity index (χ2n) is 5.30. The molecule has 0 radical (unpaired) electrons. The average molecular weight is 313 g/mol. The van der Waals surface area contributed by atoms with Crippen molar-refractivity contribution in [3.8, 4) is 0 Å². The molecule has 0 spiro atoms. The van der Waals surface area contributed by atoms with Gasteiger partial charge in [0.05, 0.1) is 0 Å². The molecular formula is C15H18ClFN2O2. The van der Waals surface area contributed by atoms with Gasteiger partial charge in [0.1, 0.15) is 11.9 Å². The number of carbonyl (C=O) groups excluding carboxylic acids is 2. The Morgan fingerprint density at radius 3 is 2.76 bits per heavy atom. The predicted molar refractivity (Wildman–Crippen MR) is 79.8 cm³/mol. The fraction of sp³-hybridized carbons (Fsp3) is 0.467. The molecular weight excluding hydrogens is 295 g/mol. The third-order valence-electron chi connectivity index (χ3n) is 3.78. The zero-order valence-corrected chi connectivity index (χ0v) is 12.8. The second kappa shape index (κ2) is 6.43. The van der Waals surface area contributed by atoms with Crippen molar-refractivity contribution in [1.29, 1.82) is 0 Å². The Labute approximate surface area is 128 Å². The van der Waals surface area contributed by atoms with Gasteiger partial charge < -0.3 is 10.2 Å². The molecule has 1 fully saturated rings. The molecule has 21 heavy (non-hydrogen) atoms. The molecule has 0 aromatic heterocycles. The molecule has 2 rings (SSSR count). The molecule has 2 atom stereocenters. The number of rotatable bonds is 3. The highest BCUT2D eigenvalue weighted by atomic mass is 35.5. The summed E-state index contributed by atoms with van der Waals surface area (Å²) in [5, 5.41) is 2.97. The Bertz CT molecular complexity index is 544. The van der Waals surface area contributed by atoms with Gasteiger partial charge in [-0.2, -0.15) is 0 Å². The molecule has 1 aliphatic rings. The molecule has 1 aliphatic heterocycles. The van der Waals surface area contributed by atoms with E-state index in [1.165, 1.54) is 23.1 Å². The highest BCUT2D eigenvalue weighted by Crippen LogP contribution is 2.25. The maximum Gasteiger partial charge on any atom is 0.249 e. The van der Waals surface area contributed by atoms with Crippen LogP contribution in [0.25, 0.3) is 0 Å². The molecule has 2 amide bonds. The Kier molecular flexibility index (Phi) is 4.83. The van der Waals surface area contributed by atoms with E-state index in [4.69, 9.17) is 11.6 Å². The molecule has 0 bridgehead atoms. The standard InChI is InChI=1S/C15H18ClFN2O2/c1-3-9(2)14-15(21)19(5-4-13(20)18-14)12-7-10(16)6-11(17)8-12/h6-9,14H,3-5H2,1-2H3,(H,18,20). The lowest BCUT2D eigenvalue weighted by atomic mass is 9.98.